The lowest BCUT2D eigenvalue weighted by molar-refractivity contribution is -0.297. The molecule has 1 aromatic carbocycles. The summed E-state index contributed by atoms with van der Waals surface area (Å²) in [6.45, 7) is 12.2. The number of rotatable bonds is 8. The Morgan fingerprint density at radius 1 is 1.05 bits per heavy atom. The first-order chi connectivity index (χ1) is 25.7. The van der Waals surface area contributed by atoms with E-state index in [1.807, 2.05) is 62.5 Å². The molecule has 13 nitrogen and oxygen atoms in total. The molecule has 4 heterocycles. The van der Waals surface area contributed by atoms with E-state index in [4.69, 9.17) is 23.7 Å². The summed E-state index contributed by atoms with van der Waals surface area (Å²) in [6, 6.07) is 6.36. The minimum atomic E-state index is -2.62. The minimum absolute atomic E-state index is 0.0898. The molecule has 3 aliphatic heterocycles. The standard InChI is InChI=1S/C41H58FN3O10/c1-11-30-41(8)33(44-38(50)55-41)25(5)34(48)39(6,42)21-40(7,51-18-12-13-26-14-15-28-27(20-26)16-17-43-28)35(23(3)31(46)24(4)36(49)53-30)54-37-32(47)29(45(9)10)19-22(2)52-37/h12-17,20,22-25,29-30,32-33,35,37,43,47H,11,18-19,21H2,1-10H3,(H,44,50)/b13-12+/t22-,23+,24-,25-,29+,30-,32-,33+,35-,37+,39+,40-,41-/m1/s1. The first-order valence-corrected chi connectivity index (χ1v) is 19.2. The maximum Gasteiger partial charge on any atom is 0.408 e. The SMILES string of the molecule is CC[C@H]1OC(=O)[C@H](C)C(=O)[C@H](C)[C@@H](O[C@@H]2O[C@H](C)C[C@H](N(C)C)[C@H]2O)[C@](C)(OC/C=C/c2ccc3[nH]ccc3c2)C[C@](C)(F)C(=O)[C@H](C)[C@@H]2NC(=O)O[C@]12C. The number of likely N-dealkylation sites (N-methyl/N-ethyl adjacent to an activating group) is 1. The molecular formula is C41H58FN3O10. The van der Waals surface area contributed by atoms with Gasteiger partial charge in [0.1, 0.15) is 18.1 Å². The molecule has 5 rings (SSSR count). The summed E-state index contributed by atoms with van der Waals surface area (Å²) < 4.78 is 48.3. The van der Waals surface area contributed by atoms with E-state index in [0.29, 0.717) is 6.42 Å². The Hall–Kier alpha value is -3.69. The first kappa shape index (κ1) is 42.5. The summed E-state index contributed by atoms with van der Waals surface area (Å²) in [7, 11) is 3.65. The second kappa shape index (κ2) is 16.4. The summed E-state index contributed by atoms with van der Waals surface area (Å²) in [5.74, 6) is -5.98. The number of cyclic esters (lactones) is 1. The van der Waals surface area contributed by atoms with Gasteiger partial charge in [-0.15, -0.1) is 0 Å². The van der Waals surface area contributed by atoms with E-state index >= 15 is 4.39 Å². The number of ether oxygens (including phenoxy) is 5. The number of carbonyl (C=O) groups is 4. The number of Topliss-reactive ketones (excluding diaryl/α,β-unsaturated/α-hetero) is 2. The maximum atomic E-state index is 17.4. The topological polar surface area (TPSA) is 166 Å². The van der Waals surface area contributed by atoms with Gasteiger partial charge in [-0.05, 0) is 90.7 Å². The van der Waals surface area contributed by atoms with Crippen molar-refractivity contribution >= 4 is 40.6 Å². The molecule has 14 heteroatoms. The molecule has 0 aliphatic carbocycles. The quantitative estimate of drug-likeness (QED) is 0.241. The Kier molecular flexibility index (Phi) is 12.7. The number of carbonyl (C=O) groups excluding carboxylic acids is 4. The Bertz CT molecular complexity index is 1760. The fourth-order valence-corrected chi connectivity index (χ4v) is 8.75. The van der Waals surface area contributed by atoms with Crippen LogP contribution >= 0.6 is 0 Å². The van der Waals surface area contributed by atoms with E-state index in [0.717, 1.165) is 23.4 Å². The van der Waals surface area contributed by atoms with Crippen molar-refractivity contribution in [2.75, 3.05) is 20.7 Å². The van der Waals surface area contributed by atoms with Gasteiger partial charge in [-0.2, -0.15) is 0 Å². The fraction of sp³-hybridized carbons (Fsp3) is 0.659. The molecular weight excluding hydrogens is 713 g/mol. The number of alkyl halides is 1. The van der Waals surface area contributed by atoms with Crippen LogP contribution in [0, 0.1) is 17.8 Å². The highest BCUT2D eigenvalue weighted by Crippen LogP contribution is 2.42. The van der Waals surface area contributed by atoms with Gasteiger partial charge < -0.3 is 44.0 Å². The van der Waals surface area contributed by atoms with Crippen LogP contribution in [0.3, 0.4) is 0 Å². The van der Waals surface area contributed by atoms with Crippen molar-refractivity contribution in [2.24, 2.45) is 17.8 Å². The van der Waals surface area contributed by atoms with Crippen LogP contribution in [0.1, 0.15) is 80.2 Å². The predicted octanol–water partition coefficient (Wildman–Crippen LogP) is 5.13. The van der Waals surface area contributed by atoms with Crippen molar-refractivity contribution in [2.45, 2.75) is 134 Å². The number of alkyl carbamates (subject to hydrolysis) is 1. The highest BCUT2D eigenvalue weighted by molar-refractivity contribution is 6.00. The second-order valence-corrected chi connectivity index (χ2v) is 16.4. The number of aliphatic hydroxyl groups is 1. The van der Waals surface area contributed by atoms with Crippen LogP contribution in [-0.2, 0) is 38.1 Å². The van der Waals surface area contributed by atoms with Crippen molar-refractivity contribution in [1.82, 2.24) is 15.2 Å². The van der Waals surface area contributed by atoms with Gasteiger partial charge in [-0.25, -0.2) is 9.18 Å². The average Bonchev–Trinajstić information content (AvgIpc) is 3.73. The normalized spacial score (nSPS) is 39.5. The Labute approximate surface area is 322 Å². The van der Waals surface area contributed by atoms with Crippen LogP contribution in [0.2, 0.25) is 0 Å². The lowest BCUT2D eigenvalue weighted by atomic mass is 9.72. The van der Waals surface area contributed by atoms with Crippen LogP contribution in [0.15, 0.2) is 36.5 Å². The molecule has 0 bridgehead atoms. The molecule has 13 atom stereocenters. The van der Waals surface area contributed by atoms with Gasteiger partial charge in [0.25, 0.3) is 0 Å². The maximum absolute atomic E-state index is 17.4. The summed E-state index contributed by atoms with van der Waals surface area (Å²) in [4.78, 5) is 60.2. The van der Waals surface area contributed by atoms with Crippen LogP contribution in [0.4, 0.5) is 9.18 Å². The number of H-pyrrole nitrogens is 1. The van der Waals surface area contributed by atoms with E-state index in [9.17, 15) is 24.3 Å². The van der Waals surface area contributed by atoms with Crippen LogP contribution in [0.25, 0.3) is 17.0 Å². The summed E-state index contributed by atoms with van der Waals surface area (Å²) in [6.07, 6.45) is -0.576. The zero-order chi connectivity index (χ0) is 40.6. The minimum Gasteiger partial charge on any atom is -0.458 e. The molecule has 2 aromatic rings. The van der Waals surface area contributed by atoms with Gasteiger partial charge in [-0.1, -0.05) is 39.0 Å². The van der Waals surface area contributed by atoms with E-state index in [1.54, 1.807) is 26.8 Å². The van der Waals surface area contributed by atoms with Gasteiger partial charge >= 0.3 is 12.1 Å². The number of benzene rings is 1. The molecule has 3 aliphatic rings. The van der Waals surface area contributed by atoms with E-state index in [1.165, 1.54) is 20.8 Å². The molecule has 304 valence electrons. The summed E-state index contributed by atoms with van der Waals surface area (Å²) in [5.41, 5.74) is -4.06. The molecule has 55 heavy (non-hydrogen) atoms. The number of amides is 1. The van der Waals surface area contributed by atoms with Gasteiger partial charge in [0.2, 0.25) is 0 Å². The molecule has 0 unspecified atom stereocenters. The fourth-order valence-electron chi connectivity index (χ4n) is 8.75. The molecule has 3 saturated heterocycles. The highest BCUT2D eigenvalue weighted by atomic mass is 19.1. The number of ketones is 2. The molecule has 3 fully saturated rings. The highest BCUT2D eigenvalue weighted by Gasteiger charge is 2.59. The number of esters is 1. The molecule has 1 aromatic heterocycles. The van der Waals surface area contributed by atoms with Crippen molar-refractivity contribution < 1.29 is 52.4 Å². The summed E-state index contributed by atoms with van der Waals surface area (Å²) >= 11 is 0. The Morgan fingerprint density at radius 3 is 2.44 bits per heavy atom. The summed E-state index contributed by atoms with van der Waals surface area (Å²) in [5, 5.41) is 15.2. The van der Waals surface area contributed by atoms with Crippen LogP contribution in [-0.4, -0.2) is 119 Å². The average molecular weight is 772 g/mol. The van der Waals surface area contributed by atoms with Crippen molar-refractivity contribution in [3.63, 3.8) is 0 Å². The van der Waals surface area contributed by atoms with Gasteiger partial charge in [0.05, 0.1) is 30.5 Å². The van der Waals surface area contributed by atoms with Crippen LogP contribution < -0.4 is 5.32 Å². The number of aromatic nitrogens is 1. The third-order valence-electron chi connectivity index (χ3n) is 11.8. The largest absolute Gasteiger partial charge is 0.458 e. The number of hydrogen-bond acceptors (Lipinski definition) is 11. The zero-order valence-electron chi connectivity index (χ0n) is 33.6. The van der Waals surface area contributed by atoms with Crippen LogP contribution in [0.5, 0.6) is 0 Å². The first-order valence-electron chi connectivity index (χ1n) is 19.2. The monoisotopic (exact) mass is 771 g/mol. The van der Waals surface area contributed by atoms with Crippen molar-refractivity contribution in [3.8, 4) is 0 Å². The number of halogens is 1. The smallest absolute Gasteiger partial charge is 0.408 e. The van der Waals surface area contributed by atoms with E-state index in [2.05, 4.69) is 10.3 Å². The number of hydrogen-bond donors (Lipinski definition) is 3. The number of nitrogens with zero attached hydrogens (tertiary/aromatic N) is 1. The molecule has 3 N–H and O–H groups in total. The third kappa shape index (κ3) is 8.68. The van der Waals surface area contributed by atoms with E-state index < -0.39 is 95.3 Å². The Morgan fingerprint density at radius 2 is 1.76 bits per heavy atom. The predicted molar refractivity (Wildman–Crippen MR) is 203 cm³/mol. The zero-order valence-corrected chi connectivity index (χ0v) is 33.6. The van der Waals surface area contributed by atoms with Crippen molar-refractivity contribution in [3.05, 3.63) is 42.1 Å². The molecule has 0 spiro atoms. The Balaban J connectivity index is 1.59. The molecule has 0 saturated carbocycles. The van der Waals surface area contributed by atoms with Gasteiger partial charge in [0, 0.05) is 36.0 Å². The van der Waals surface area contributed by atoms with Gasteiger partial charge in [0.15, 0.2) is 29.1 Å². The lowest BCUT2D eigenvalue weighted by Gasteiger charge is -2.48. The number of aromatic amines is 1. The van der Waals surface area contributed by atoms with Gasteiger partial charge in [-0.3, -0.25) is 14.4 Å². The number of nitrogens with one attached hydrogen (secondary N) is 2. The number of fused-ring (bicyclic) bond motifs is 2. The number of aliphatic hydroxyl groups excluding tert-OH is 1. The second-order valence-electron chi connectivity index (χ2n) is 16.4. The molecule has 0 radical (unpaired) electrons. The van der Waals surface area contributed by atoms with E-state index in [-0.39, 0.29) is 25.2 Å². The molecule has 1 amide bonds. The third-order valence-corrected chi connectivity index (χ3v) is 11.8. The lowest BCUT2D eigenvalue weighted by Crippen LogP contribution is -2.62. The van der Waals surface area contributed by atoms with Crippen molar-refractivity contribution in [1.29, 1.82) is 0 Å².